The fourth-order valence-electron chi connectivity index (χ4n) is 8.22. The van der Waals surface area contributed by atoms with E-state index in [4.69, 9.17) is 14.2 Å². The summed E-state index contributed by atoms with van der Waals surface area (Å²) in [5.74, 6) is 1.12. The van der Waals surface area contributed by atoms with E-state index in [2.05, 4.69) is 37.3 Å². The third kappa shape index (κ3) is 4.02. The molecular formula is C33H36O5. The first-order valence-electron chi connectivity index (χ1n) is 14.0. The van der Waals surface area contributed by atoms with Crippen molar-refractivity contribution in [2.75, 3.05) is 13.2 Å². The molecule has 1 aliphatic heterocycles. The van der Waals surface area contributed by atoms with Crippen LogP contribution in [0.3, 0.4) is 0 Å². The summed E-state index contributed by atoms with van der Waals surface area (Å²) < 4.78 is 18.3. The summed E-state index contributed by atoms with van der Waals surface area (Å²) in [5, 5.41) is 11.3. The van der Waals surface area contributed by atoms with Crippen molar-refractivity contribution < 1.29 is 24.1 Å². The highest BCUT2D eigenvalue weighted by Crippen LogP contribution is 2.76. The normalized spacial score (nSPS) is 32.8. The zero-order chi connectivity index (χ0) is 26.3. The summed E-state index contributed by atoms with van der Waals surface area (Å²) in [7, 11) is 0. The number of aromatic carboxylic acids is 1. The van der Waals surface area contributed by atoms with Gasteiger partial charge in [0.1, 0.15) is 18.5 Å². The average Bonchev–Trinajstić information content (AvgIpc) is 3.25. The van der Waals surface area contributed by atoms with Crippen LogP contribution in [0.2, 0.25) is 0 Å². The van der Waals surface area contributed by atoms with E-state index < -0.39 is 11.8 Å². The molecule has 1 heterocycles. The smallest absolute Gasteiger partial charge is 0.335 e. The summed E-state index contributed by atoms with van der Waals surface area (Å²) in [6.45, 7) is 7.37. The largest absolute Gasteiger partial charge is 0.490 e. The molecular weight excluding hydrogens is 476 g/mol. The highest BCUT2D eigenvalue weighted by Gasteiger charge is 2.68. The third-order valence-corrected chi connectivity index (χ3v) is 9.64. The van der Waals surface area contributed by atoms with Crippen LogP contribution in [0.1, 0.15) is 68.8 Å². The van der Waals surface area contributed by atoms with Crippen LogP contribution in [0, 0.1) is 17.3 Å². The maximum atomic E-state index is 11.4. The third-order valence-electron chi connectivity index (χ3n) is 9.64. The molecule has 3 aliphatic carbocycles. The van der Waals surface area contributed by atoms with Gasteiger partial charge >= 0.3 is 5.97 Å². The minimum atomic E-state index is -0.900. The molecule has 1 saturated heterocycles. The van der Waals surface area contributed by atoms with Crippen molar-refractivity contribution >= 4 is 16.7 Å². The second-order valence-electron chi connectivity index (χ2n) is 13.0. The Balaban J connectivity index is 1.25. The number of carbonyl (C=O) groups is 1. The van der Waals surface area contributed by atoms with Crippen molar-refractivity contribution in [2.45, 2.75) is 70.2 Å². The first-order chi connectivity index (χ1) is 18.1. The van der Waals surface area contributed by atoms with Gasteiger partial charge in [-0.25, -0.2) is 4.79 Å². The predicted molar refractivity (Wildman–Crippen MR) is 147 cm³/mol. The Morgan fingerprint density at radius 3 is 2.53 bits per heavy atom. The van der Waals surface area contributed by atoms with Crippen LogP contribution in [0.4, 0.5) is 0 Å². The Morgan fingerprint density at radius 2 is 1.74 bits per heavy atom. The topological polar surface area (TPSA) is 65.0 Å². The molecule has 4 fully saturated rings. The van der Waals surface area contributed by atoms with E-state index in [1.165, 1.54) is 43.2 Å². The summed E-state index contributed by atoms with van der Waals surface area (Å²) >= 11 is 0. The Hall–Kier alpha value is -2.89. The van der Waals surface area contributed by atoms with Crippen LogP contribution in [-0.2, 0) is 14.9 Å². The molecule has 7 rings (SSSR count). The van der Waals surface area contributed by atoms with Gasteiger partial charge in [0, 0.05) is 11.0 Å². The standard InChI is InChI=1S/C33H36O5/c1-20-13-32-15-26(32)16-33(14-20,19-32)28-12-24(8-9-29(28)36-17-27-18-37-31(2,3)38-27)22-4-5-23-11-25(30(34)35)7-6-21(23)10-22/h4-12,20,26-27H,13-19H2,1-3H3,(H,34,35). The molecule has 1 N–H and O–H groups in total. The van der Waals surface area contributed by atoms with Gasteiger partial charge in [-0.2, -0.15) is 0 Å². The maximum absolute atomic E-state index is 11.4. The Kier molecular flexibility index (Phi) is 5.28. The van der Waals surface area contributed by atoms with Gasteiger partial charge in [-0.1, -0.05) is 31.2 Å². The van der Waals surface area contributed by atoms with Crippen molar-refractivity contribution in [1.82, 2.24) is 0 Å². The molecule has 5 unspecified atom stereocenters. The number of fused-ring (bicyclic) bond motifs is 2. The Morgan fingerprint density at radius 1 is 0.974 bits per heavy atom. The number of rotatable bonds is 6. The lowest BCUT2D eigenvalue weighted by Gasteiger charge is -2.41. The molecule has 3 saturated carbocycles. The van der Waals surface area contributed by atoms with Crippen LogP contribution in [-0.4, -0.2) is 36.2 Å². The summed E-state index contributed by atoms with van der Waals surface area (Å²) in [4.78, 5) is 11.4. The zero-order valence-electron chi connectivity index (χ0n) is 22.5. The molecule has 5 atom stereocenters. The Labute approximate surface area is 224 Å². The summed E-state index contributed by atoms with van der Waals surface area (Å²) in [6.07, 6.45) is 6.47. The van der Waals surface area contributed by atoms with Crippen LogP contribution in [0.25, 0.3) is 21.9 Å². The van der Waals surface area contributed by atoms with Gasteiger partial charge in [0.05, 0.1) is 12.2 Å². The lowest BCUT2D eigenvalue weighted by molar-refractivity contribution is -0.141. The molecule has 3 aromatic carbocycles. The van der Waals surface area contributed by atoms with Crippen molar-refractivity contribution in [3.63, 3.8) is 0 Å². The van der Waals surface area contributed by atoms with Crippen molar-refractivity contribution in [3.05, 3.63) is 65.7 Å². The van der Waals surface area contributed by atoms with Gasteiger partial charge < -0.3 is 19.3 Å². The lowest BCUT2D eigenvalue weighted by Crippen LogP contribution is -2.34. The van der Waals surface area contributed by atoms with Gasteiger partial charge in [0.15, 0.2) is 5.79 Å². The molecule has 198 valence electrons. The molecule has 5 nitrogen and oxygen atoms in total. The number of hydrogen-bond acceptors (Lipinski definition) is 4. The summed E-state index contributed by atoms with van der Waals surface area (Å²) in [5.41, 5.74) is 4.72. The zero-order valence-corrected chi connectivity index (χ0v) is 22.5. The number of ether oxygens (including phenoxy) is 3. The van der Waals surface area contributed by atoms with Gasteiger partial charge in [-0.3, -0.25) is 0 Å². The minimum Gasteiger partial charge on any atom is -0.490 e. The van der Waals surface area contributed by atoms with Crippen molar-refractivity contribution in [2.24, 2.45) is 17.3 Å². The number of hydrogen-bond donors (Lipinski definition) is 1. The Bertz CT molecular complexity index is 1440. The highest BCUT2D eigenvalue weighted by atomic mass is 16.7. The van der Waals surface area contributed by atoms with Crippen LogP contribution < -0.4 is 4.74 Å². The highest BCUT2D eigenvalue weighted by molar-refractivity contribution is 5.95. The number of carboxylic acid groups (broad SMARTS) is 1. The molecule has 1 spiro atoms. The first-order valence-corrected chi connectivity index (χ1v) is 14.0. The van der Waals surface area contributed by atoms with Crippen molar-refractivity contribution in [3.8, 4) is 16.9 Å². The molecule has 0 radical (unpaired) electrons. The van der Waals surface area contributed by atoms with Crippen LogP contribution in [0.5, 0.6) is 5.75 Å². The average molecular weight is 513 g/mol. The van der Waals surface area contributed by atoms with E-state index in [0.717, 1.165) is 33.9 Å². The molecule has 3 aromatic rings. The minimum absolute atomic E-state index is 0.0696. The van der Waals surface area contributed by atoms with Gasteiger partial charge in [-0.15, -0.1) is 0 Å². The van der Waals surface area contributed by atoms with Gasteiger partial charge in [-0.05, 0) is 115 Å². The number of carboxylic acids is 1. The fraction of sp³-hybridized carbons (Fsp3) is 0.485. The van der Waals surface area contributed by atoms with E-state index >= 15 is 0 Å². The van der Waals surface area contributed by atoms with Gasteiger partial charge in [0.2, 0.25) is 0 Å². The lowest BCUT2D eigenvalue weighted by atomic mass is 9.63. The first kappa shape index (κ1) is 24.2. The SMILES string of the molecule is CC1CC2(c3cc(-c4ccc5cc(C(=O)O)ccc5c4)ccc3OCC3COC(C)(C)O3)CC3CC3(C1)C2. The van der Waals surface area contributed by atoms with Crippen LogP contribution in [0.15, 0.2) is 54.6 Å². The van der Waals surface area contributed by atoms with E-state index in [1.807, 2.05) is 26.0 Å². The van der Waals surface area contributed by atoms with Gasteiger partial charge in [0.25, 0.3) is 0 Å². The molecule has 38 heavy (non-hydrogen) atoms. The molecule has 2 bridgehead atoms. The second kappa shape index (κ2) is 8.30. The fourth-order valence-corrected chi connectivity index (χ4v) is 8.22. The molecule has 0 amide bonds. The van der Waals surface area contributed by atoms with E-state index in [9.17, 15) is 9.90 Å². The van der Waals surface area contributed by atoms with E-state index in [0.29, 0.717) is 24.2 Å². The second-order valence-corrected chi connectivity index (χ2v) is 13.0. The molecule has 4 aliphatic rings. The van der Waals surface area contributed by atoms with Crippen LogP contribution >= 0.6 is 0 Å². The quantitative estimate of drug-likeness (QED) is 0.378. The monoisotopic (exact) mass is 512 g/mol. The number of benzene rings is 3. The molecule has 5 heteroatoms. The maximum Gasteiger partial charge on any atom is 0.335 e. The van der Waals surface area contributed by atoms with E-state index in [-0.39, 0.29) is 11.5 Å². The van der Waals surface area contributed by atoms with E-state index in [1.54, 1.807) is 12.1 Å². The predicted octanol–water partition coefficient (Wildman–Crippen LogP) is 7.20. The summed E-state index contributed by atoms with van der Waals surface area (Å²) in [6, 6.07) is 18.3. The molecule has 0 aromatic heterocycles. The van der Waals surface area contributed by atoms with Crippen molar-refractivity contribution in [1.29, 1.82) is 0 Å².